The number of likely N-dealkylation sites (tertiary alicyclic amines) is 1. The molecule has 0 spiro atoms. The van der Waals surface area contributed by atoms with Gasteiger partial charge in [-0.3, -0.25) is 19.6 Å². The zero-order chi connectivity index (χ0) is 25.3. The Morgan fingerprint density at radius 1 is 0.811 bits per heavy atom. The second-order valence-electron chi connectivity index (χ2n) is 10.3. The van der Waals surface area contributed by atoms with Crippen molar-refractivity contribution in [2.24, 2.45) is 0 Å². The second-order valence-corrected chi connectivity index (χ2v) is 10.3. The van der Waals surface area contributed by atoms with Gasteiger partial charge in [0.2, 0.25) is 5.91 Å². The molecule has 0 saturated carbocycles. The fourth-order valence-corrected chi connectivity index (χ4v) is 5.49. The Bertz CT molecular complexity index is 1090. The van der Waals surface area contributed by atoms with Crippen LogP contribution < -0.4 is 0 Å². The summed E-state index contributed by atoms with van der Waals surface area (Å²) < 4.78 is 6.43. The molecule has 2 aliphatic heterocycles. The Labute approximate surface area is 220 Å². The molecule has 37 heavy (non-hydrogen) atoms. The third-order valence-corrected chi connectivity index (χ3v) is 7.62. The number of pyridine rings is 1. The van der Waals surface area contributed by atoms with E-state index in [-0.39, 0.29) is 12.0 Å². The third-order valence-electron chi connectivity index (χ3n) is 7.62. The molecule has 1 aromatic heterocycles. The minimum atomic E-state index is -0.0160. The van der Waals surface area contributed by atoms with Crippen LogP contribution in [0.15, 0.2) is 85.2 Å². The summed E-state index contributed by atoms with van der Waals surface area (Å²) in [5, 5.41) is 0. The maximum Gasteiger partial charge on any atom is 0.236 e. The van der Waals surface area contributed by atoms with Gasteiger partial charge in [-0.1, -0.05) is 60.7 Å². The van der Waals surface area contributed by atoms with Crippen LogP contribution in [0.25, 0.3) is 0 Å². The van der Waals surface area contributed by atoms with E-state index in [1.54, 1.807) is 12.4 Å². The van der Waals surface area contributed by atoms with E-state index in [0.717, 1.165) is 57.5 Å². The van der Waals surface area contributed by atoms with Gasteiger partial charge in [-0.2, -0.15) is 0 Å². The smallest absolute Gasteiger partial charge is 0.236 e. The van der Waals surface area contributed by atoms with Crippen LogP contribution >= 0.6 is 0 Å². The summed E-state index contributed by atoms with van der Waals surface area (Å²) in [6.45, 7) is 6.29. The summed E-state index contributed by atoms with van der Waals surface area (Å²) in [7, 11) is 0. The first-order valence-electron chi connectivity index (χ1n) is 13.6. The number of hydrogen-bond donors (Lipinski definition) is 0. The summed E-state index contributed by atoms with van der Waals surface area (Å²) in [6.07, 6.45) is 6.62. The highest BCUT2D eigenvalue weighted by atomic mass is 16.5. The largest absolute Gasteiger partial charge is 0.370 e. The number of aromatic nitrogens is 1. The average Bonchev–Trinajstić information content (AvgIpc) is 3.11. The van der Waals surface area contributed by atoms with Crippen molar-refractivity contribution >= 4 is 5.91 Å². The van der Waals surface area contributed by atoms with Crippen LogP contribution in [0, 0.1) is 0 Å². The van der Waals surface area contributed by atoms with E-state index in [4.69, 9.17) is 4.74 Å². The number of amides is 1. The lowest BCUT2D eigenvalue weighted by Gasteiger charge is -2.38. The van der Waals surface area contributed by atoms with Gasteiger partial charge in [-0.15, -0.1) is 0 Å². The lowest BCUT2D eigenvalue weighted by Crippen LogP contribution is -2.48. The van der Waals surface area contributed by atoms with Crippen LogP contribution in [0.1, 0.15) is 29.5 Å². The average molecular weight is 499 g/mol. The summed E-state index contributed by atoms with van der Waals surface area (Å²) in [5.41, 5.74) is 3.74. The molecule has 1 amide bonds. The molecule has 1 unspecified atom stereocenters. The van der Waals surface area contributed by atoms with E-state index >= 15 is 0 Å². The Morgan fingerprint density at radius 3 is 2.19 bits per heavy atom. The lowest BCUT2D eigenvalue weighted by atomic mass is 10.0. The fraction of sp³-hybridized carbons (Fsp3) is 0.419. The number of hydrogen-bond acceptors (Lipinski definition) is 5. The quantitative estimate of drug-likeness (QED) is 0.446. The third kappa shape index (κ3) is 7.48. The highest BCUT2D eigenvalue weighted by molar-refractivity contribution is 5.78. The van der Waals surface area contributed by atoms with Crippen LogP contribution in [0.5, 0.6) is 0 Å². The minimum absolute atomic E-state index is 0.0160. The van der Waals surface area contributed by atoms with E-state index in [9.17, 15) is 4.79 Å². The summed E-state index contributed by atoms with van der Waals surface area (Å²) in [6, 6.07) is 25.5. The lowest BCUT2D eigenvalue weighted by molar-refractivity contribution is -0.132. The SMILES string of the molecule is O=C1CN(C2CCN(Cc3ccccc3)CC2)CC(OCc2ccncc2)CN1CCc1ccccc1. The number of nitrogens with zero attached hydrogens (tertiary/aromatic N) is 4. The Hall–Kier alpha value is -3.06. The summed E-state index contributed by atoms with van der Waals surface area (Å²) in [4.78, 5) is 24.5. The zero-order valence-electron chi connectivity index (χ0n) is 21.6. The molecule has 2 aromatic carbocycles. The first-order valence-corrected chi connectivity index (χ1v) is 13.6. The van der Waals surface area contributed by atoms with Gasteiger partial charge in [-0.05, 0) is 61.2 Å². The summed E-state index contributed by atoms with van der Waals surface area (Å²) in [5.74, 6) is 0.220. The molecule has 1 atom stereocenters. The van der Waals surface area contributed by atoms with Gasteiger partial charge in [0.15, 0.2) is 0 Å². The normalized spacial score (nSPS) is 20.2. The maximum absolute atomic E-state index is 13.4. The van der Waals surface area contributed by atoms with Gasteiger partial charge >= 0.3 is 0 Å². The van der Waals surface area contributed by atoms with E-state index < -0.39 is 0 Å². The van der Waals surface area contributed by atoms with Crippen molar-refractivity contribution in [1.82, 2.24) is 19.7 Å². The van der Waals surface area contributed by atoms with Gasteiger partial charge in [-0.25, -0.2) is 0 Å². The molecule has 0 N–H and O–H groups in total. The monoisotopic (exact) mass is 498 g/mol. The van der Waals surface area contributed by atoms with Crippen molar-refractivity contribution < 1.29 is 9.53 Å². The topological polar surface area (TPSA) is 48.9 Å². The highest BCUT2D eigenvalue weighted by Crippen LogP contribution is 2.22. The molecule has 3 heterocycles. The van der Waals surface area contributed by atoms with Crippen molar-refractivity contribution in [3.05, 3.63) is 102 Å². The minimum Gasteiger partial charge on any atom is -0.370 e. The van der Waals surface area contributed by atoms with Crippen molar-refractivity contribution in [1.29, 1.82) is 0 Å². The van der Waals surface area contributed by atoms with Gasteiger partial charge in [0.05, 0.1) is 19.3 Å². The van der Waals surface area contributed by atoms with Crippen molar-refractivity contribution in [3.8, 4) is 0 Å². The molecule has 2 saturated heterocycles. The molecular formula is C31H38N4O2. The molecule has 6 heteroatoms. The maximum atomic E-state index is 13.4. The Morgan fingerprint density at radius 2 is 1.49 bits per heavy atom. The molecule has 194 valence electrons. The van der Waals surface area contributed by atoms with Crippen LogP contribution in [0.3, 0.4) is 0 Å². The Kier molecular flexibility index (Phi) is 8.95. The predicted molar refractivity (Wildman–Crippen MR) is 146 cm³/mol. The number of benzene rings is 2. The van der Waals surface area contributed by atoms with Crippen molar-refractivity contribution in [3.63, 3.8) is 0 Å². The standard InChI is InChI=1S/C31H38N4O2/c36-31-24-35(29-14-18-33(19-15-29)21-27-9-5-2-6-10-27)23-30(37-25-28-11-16-32-17-12-28)22-34(31)20-13-26-7-3-1-4-8-26/h1-12,16-17,29-30H,13-15,18-25H2. The molecule has 6 nitrogen and oxygen atoms in total. The predicted octanol–water partition coefficient (Wildman–Crippen LogP) is 4.02. The van der Waals surface area contributed by atoms with Gasteiger partial charge in [0.25, 0.3) is 0 Å². The van der Waals surface area contributed by atoms with Gasteiger partial charge in [0, 0.05) is 44.6 Å². The van der Waals surface area contributed by atoms with Crippen LogP contribution in [-0.4, -0.2) is 77.0 Å². The number of piperidine rings is 1. The highest BCUT2D eigenvalue weighted by Gasteiger charge is 2.33. The number of rotatable bonds is 9. The number of ether oxygens (including phenoxy) is 1. The zero-order valence-corrected chi connectivity index (χ0v) is 21.6. The molecule has 2 aliphatic rings. The van der Waals surface area contributed by atoms with Gasteiger partial charge < -0.3 is 9.64 Å². The molecule has 0 aliphatic carbocycles. The first kappa shape index (κ1) is 25.6. The van der Waals surface area contributed by atoms with Crippen LogP contribution in [0.4, 0.5) is 0 Å². The molecule has 3 aromatic rings. The van der Waals surface area contributed by atoms with Crippen LogP contribution in [-0.2, 0) is 29.1 Å². The van der Waals surface area contributed by atoms with Gasteiger partial charge in [0.1, 0.15) is 0 Å². The number of carbonyl (C=O) groups excluding carboxylic acids is 1. The second kappa shape index (κ2) is 13.0. The fourth-order valence-electron chi connectivity index (χ4n) is 5.49. The molecule has 0 bridgehead atoms. The molecule has 0 radical (unpaired) electrons. The van der Waals surface area contributed by atoms with Crippen molar-refractivity contribution in [2.75, 3.05) is 39.3 Å². The molecular weight excluding hydrogens is 460 g/mol. The van der Waals surface area contributed by atoms with Crippen LogP contribution in [0.2, 0.25) is 0 Å². The number of carbonyl (C=O) groups is 1. The summed E-state index contributed by atoms with van der Waals surface area (Å²) >= 11 is 0. The molecule has 5 rings (SSSR count). The van der Waals surface area contributed by atoms with E-state index in [2.05, 4.69) is 69.4 Å². The Balaban J connectivity index is 1.22. The van der Waals surface area contributed by atoms with E-state index in [1.807, 2.05) is 23.1 Å². The van der Waals surface area contributed by atoms with E-state index in [1.165, 1.54) is 11.1 Å². The first-order chi connectivity index (χ1) is 18.2. The van der Waals surface area contributed by atoms with Crippen molar-refractivity contribution in [2.45, 2.75) is 44.6 Å². The van der Waals surface area contributed by atoms with E-state index in [0.29, 0.717) is 25.7 Å². The molecule has 2 fully saturated rings.